The fourth-order valence-corrected chi connectivity index (χ4v) is 4.22. The van der Waals surface area contributed by atoms with Crippen molar-refractivity contribution in [2.75, 3.05) is 26.9 Å². The number of hydrogen-bond donors (Lipinski definition) is 0. The Morgan fingerprint density at radius 2 is 1.82 bits per heavy atom. The predicted molar refractivity (Wildman–Crippen MR) is 109 cm³/mol. The van der Waals surface area contributed by atoms with Crippen molar-refractivity contribution < 1.29 is 19.0 Å². The summed E-state index contributed by atoms with van der Waals surface area (Å²) >= 11 is 0. The molecule has 28 heavy (non-hydrogen) atoms. The normalized spacial score (nSPS) is 22.2. The zero-order chi connectivity index (χ0) is 20.1. The van der Waals surface area contributed by atoms with Gasteiger partial charge in [0, 0.05) is 19.1 Å². The van der Waals surface area contributed by atoms with Gasteiger partial charge in [-0.2, -0.15) is 0 Å². The van der Waals surface area contributed by atoms with Crippen molar-refractivity contribution in [2.24, 2.45) is 0 Å². The summed E-state index contributed by atoms with van der Waals surface area (Å²) in [6, 6.07) is 6.62. The summed E-state index contributed by atoms with van der Waals surface area (Å²) < 4.78 is 16.6. The highest BCUT2D eigenvalue weighted by molar-refractivity contribution is 5.68. The first kappa shape index (κ1) is 20.8. The molecule has 6 heteroatoms. The fraction of sp³-hybridized carbons (Fsp3) is 0.682. The van der Waals surface area contributed by atoms with Crippen LogP contribution in [0.3, 0.4) is 0 Å². The number of fused-ring (bicyclic) bond motifs is 1. The molecule has 1 saturated carbocycles. The number of benzene rings is 1. The van der Waals surface area contributed by atoms with Gasteiger partial charge in [0.2, 0.25) is 6.79 Å². The van der Waals surface area contributed by atoms with Gasteiger partial charge >= 0.3 is 6.09 Å². The lowest BCUT2D eigenvalue weighted by Crippen LogP contribution is -2.42. The third kappa shape index (κ3) is 4.90. The molecule has 2 aliphatic rings. The average Bonchev–Trinajstić information content (AvgIpc) is 3.17. The molecule has 1 atom stereocenters. The van der Waals surface area contributed by atoms with Gasteiger partial charge in [-0.05, 0) is 69.8 Å². The van der Waals surface area contributed by atoms with Crippen molar-refractivity contribution in [1.29, 1.82) is 0 Å². The topological polar surface area (TPSA) is 51.2 Å². The van der Waals surface area contributed by atoms with Crippen molar-refractivity contribution >= 4 is 6.09 Å². The number of hydrogen-bond acceptors (Lipinski definition) is 5. The van der Waals surface area contributed by atoms with Crippen LogP contribution in [0.25, 0.3) is 0 Å². The lowest BCUT2D eigenvalue weighted by Gasteiger charge is -2.36. The lowest BCUT2D eigenvalue weighted by atomic mass is 9.92. The van der Waals surface area contributed by atoms with Crippen molar-refractivity contribution in [1.82, 2.24) is 9.80 Å². The molecule has 1 amide bonds. The molecule has 1 aromatic carbocycles. The first-order chi connectivity index (χ1) is 13.5. The van der Waals surface area contributed by atoms with E-state index in [1.807, 2.05) is 32.2 Å². The van der Waals surface area contributed by atoms with Crippen molar-refractivity contribution in [3.8, 4) is 11.5 Å². The molecule has 0 bridgehead atoms. The van der Waals surface area contributed by atoms with Crippen molar-refractivity contribution in [2.45, 2.75) is 71.1 Å². The molecular weight excluding hydrogens is 356 g/mol. The minimum absolute atomic E-state index is 0.0412. The minimum Gasteiger partial charge on any atom is -0.454 e. The fourth-order valence-electron chi connectivity index (χ4n) is 4.22. The standard InChI is InChI=1S/C22H34N2O4/c1-5-24(6-2)18-8-10-19(11-9-18)28-22(25)23(4)16(3)13-17-7-12-20-21(14-17)27-15-26-20/h7,12,14,16,18-19H,5-6,8-11,13,15H2,1-4H3. The molecule has 0 aromatic heterocycles. The second kappa shape index (κ2) is 9.50. The molecule has 1 aliphatic heterocycles. The minimum atomic E-state index is -0.223. The Kier molecular flexibility index (Phi) is 7.05. The summed E-state index contributed by atoms with van der Waals surface area (Å²) in [6.45, 7) is 8.93. The van der Waals surface area contributed by atoms with E-state index in [0.717, 1.165) is 62.3 Å². The van der Waals surface area contributed by atoms with Gasteiger partial charge in [-0.15, -0.1) is 0 Å². The summed E-state index contributed by atoms with van der Waals surface area (Å²) in [5.41, 5.74) is 1.12. The molecule has 1 aromatic rings. The van der Waals surface area contributed by atoms with E-state index in [0.29, 0.717) is 6.04 Å². The quantitative estimate of drug-likeness (QED) is 0.702. The molecular formula is C22H34N2O4. The molecule has 0 radical (unpaired) electrons. The summed E-state index contributed by atoms with van der Waals surface area (Å²) in [7, 11) is 1.82. The summed E-state index contributed by atoms with van der Waals surface area (Å²) in [6.07, 6.45) is 4.69. The van der Waals surface area contributed by atoms with Crippen LogP contribution in [0.15, 0.2) is 18.2 Å². The highest BCUT2D eigenvalue weighted by Crippen LogP contribution is 2.33. The molecule has 0 spiro atoms. The lowest BCUT2D eigenvalue weighted by molar-refractivity contribution is 0.0274. The van der Waals surface area contributed by atoms with E-state index in [-0.39, 0.29) is 25.0 Å². The van der Waals surface area contributed by atoms with Gasteiger partial charge < -0.3 is 24.0 Å². The molecule has 1 fully saturated rings. The van der Waals surface area contributed by atoms with E-state index in [9.17, 15) is 4.79 Å². The van der Waals surface area contributed by atoms with E-state index >= 15 is 0 Å². The van der Waals surface area contributed by atoms with Crippen LogP contribution < -0.4 is 9.47 Å². The Labute approximate surface area is 168 Å². The van der Waals surface area contributed by atoms with Gasteiger partial charge in [-0.3, -0.25) is 0 Å². The van der Waals surface area contributed by atoms with Gasteiger partial charge in [0.1, 0.15) is 6.10 Å². The maximum atomic E-state index is 12.6. The Bertz CT molecular complexity index is 654. The van der Waals surface area contributed by atoms with Gasteiger partial charge in [0.05, 0.1) is 0 Å². The van der Waals surface area contributed by atoms with Crippen LogP contribution in [0.5, 0.6) is 11.5 Å². The Balaban J connectivity index is 1.46. The number of carbonyl (C=O) groups is 1. The van der Waals surface area contributed by atoms with Gasteiger partial charge in [-0.1, -0.05) is 19.9 Å². The van der Waals surface area contributed by atoms with Crippen LogP contribution in [-0.4, -0.2) is 61.0 Å². The predicted octanol–water partition coefficient (Wildman–Crippen LogP) is 4.07. The SMILES string of the molecule is CCN(CC)C1CCC(OC(=O)N(C)C(C)Cc2ccc3c(c2)OCO3)CC1. The first-order valence-corrected chi connectivity index (χ1v) is 10.6. The van der Waals surface area contributed by atoms with Crippen LogP contribution in [0.1, 0.15) is 52.0 Å². The highest BCUT2D eigenvalue weighted by Gasteiger charge is 2.28. The zero-order valence-corrected chi connectivity index (χ0v) is 17.6. The van der Waals surface area contributed by atoms with Crippen LogP contribution in [0.2, 0.25) is 0 Å². The van der Waals surface area contributed by atoms with E-state index < -0.39 is 0 Å². The first-order valence-electron chi connectivity index (χ1n) is 10.6. The third-order valence-corrected chi connectivity index (χ3v) is 6.16. The van der Waals surface area contributed by atoms with E-state index in [1.165, 1.54) is 0 Å². The van der Waals surface area contributed by atoms with E-state index in [2.05, 4.69) is 18.7 Å². The van der Waals surface area contributed by atoms with Gasteiger partial charge in [0.15, 0.2) is 11.5 Å². The molecule has 6 nitrogen and oxygen atoms in total. The molecule has 156 valence electrons. The van der Waals surface area contributed by atoms with Gasteiger partial charge in [0.25, 0.3) is 0 Å². The Morgan fingerprint density at radius 3 is 2.50 bits per heavy atom. The van der Waals surface area contributed by atoms with Gasteiger partial charge in [-0.25, -0.2) is 4.79 Å². The maximum absolute atomic E-state index is 12.6. The largest absolute Gasteiger partial charge is 0.454 e. The van der Waals surface area contributed by atoms with Crippen molar-refractivity contribution in [3.05, 3.63) is 23.8 Å². The number of nitrogens with zero attached hydrogens (tertiary/aromatic N) is 2. The van der Waals surface area contributed by atoms with Crippen LogP contribution in [-0.2, 0) is 11.2 Å². The average molecular weight is 391 g/mol. The third-order valence-electron chi connectivity index (χ3n) is 6.16. The summed E-state index contributed by atoms with van der Waals surface area (Å²) in [5, 5.41) is 0. The number of amides is 1. The number of rotatable bonds is 7. The summed E-state index contributed by atoms with van der Waals surface area (Å²) in [5.74, 6) is 1.56. The molecule has 0 N–H and O–H groups in total. The number of carbonyl (C=O) groups excluding carboxylic acids is 1. The van der Waals surface area contributed by atoms with Crippen LogP contribution in [0.4, 0.5) is 4.79 Å². The Morgan fingerprint density at radius 1 is 1.14 bits per heavy atom. The number of ether oxygens (including phenoxy) is 3. The second-order valence-electron chi connectivity index (χ2n) is 7.89. The smallest absolute Gasteiger partial charge is 0.410 e. The maximum Gasteiger partial charge on any atom is 0.410 e. The monoisotopic (exact) mass is 390 g/mol. The molecule has 1 heterocycles. The zero-order valence-electron chi connectivity index (χ0n) is 17.6. The van der Waals surface area contributed by atoms with Crippen molar-refractivity contribution in [3.63, 3.8) is 0 Å². The van der Waals surface area contributed by atoms with Crippen LogP contribution >= 0.6 is 0 Å². The van der Waals surface area contributed by atoms with E-state index in [1.54, 1.807) is 4.90 Å². The molecule has 3 rings (SSSR count). The molecule has 1 unspecified atom stereocenters. The Hall–Kier alpha value is -1.95. The second-order valence-corrected chi connectivity index (χ2v) is 7.89. The van der Waals surface area contributed by atoms with E-state index in [4.69, 9.17) is 14.2 Å². The summed E-state index contributed by atoms with van der Waals surface area (Å²) in [4.78, 5) is 16.8. The molecule has 1 aliphatic carbocycles. The molecule has 0 saturated heterocycles. The highest BCUT2D eigenvalue weighted by atomic mass is 16.7. The van der Waals surface area contributed by atoms with Crippen LogP contribution in [0, 0.1) is 0 Å². The number of likely N-dealkylation sites (N-methyl/N-ethyl adjacent to an activating group) is 1.